The maximum Gasteiger partial charge on any atom is 0.303 e. The molecule has 0 aromatic heterocycles. The molecule has 0 heterocycles. The second-order valence-electron chi connectivity index (χ2n) is 7.47. The predicted octanol–water partition coefficient (Wildman–Crippen LogP) is -4.48. The quantitative estimate of drug-likeness (QED) is 0.0953. The molecule has 0 aliphatic rings. The van der Waals surface area contributed by atoms with Crippen molar-refractivity contribution in [2.75, 3.05) is 6.61 Å². The molecule has 0 spiro atoms. The van der Waals surface area contributed by atoms with Gasteiger partial charge < -0.3 is 51.6 Å². The molecule has 4 amide bonds. The summed E-state index contributed by atoms with van der Waals surface area (Å²) in [5.74, 6) is -4.62. The number of carboxylic acids is 1. The standard InChI is InChI=1S/C19H32N4O11/c1-8(18(32)23-11(17(20)31)4-5-14(28)29)21-19(33)9(2)34-16(15(30)13(27)7-25)12(6-24)22-10(3)26/h6,8-9,11-13,15-16,25,27,30H,4-5,7H2,1-3H3,(H2,20,31)(H,21,33)(H,22,26)(H,23,32)(H,28,29)/t8-,9+,11+,12-,13+,15+,16+/m0/s1. The Morgan fingerprint density at radius 2 is 1.62 bits per heavy atom. The first-order chi connectivity index (χ1) is 15.7. The van der Waals surface area contributed by atoms with E-state index in [2.05, 4.69) is 16.0 Å². The van der Waals surface area contributed by atoms with E-state index in [9.17, 15) is 39.0 Å². The molecule has 0 aliphatic carbocycles. The van der Waals surface area contributed by atoms with Gasteiger partial charge >= 0.3 is 5.97 Å². The second-order valence-corrected chi connectivity index (χ2v) is 7.47. The summed E-state index contributed by atoms with van der Waals surface area (Å²) in [4.78, 5) is 69.6. The molecule has 0 fully saturated rings. The highest BCUT2D eigenvalue weighted by Gasteiger charge is 2.37. The first-order valence-electron chi connectivity index (χ1n) is 10.2. The van der Waals surface area contributed by atoms with E-state index in [0.29, 0.717) is 0 Å². The van der Waals surface area contributed by atoms with Gasteiger partial charge in [-0.1, -0.05) is 0 Å². The Morgan fingerprint density at radius 3 is 2.06 bits per heavy atom. The average molecular weight is 492 g/mol. The highest BCUT2D eigenvalue weighted by atomic mass is 16.5. The summed E-state index contributed by atoms with van der Waals surface area (Å²) in [6.07, 6.45) is -7.22. The zero-order valence-corrected chi connectivity index (χ0v) is 19.0. The largest absolute Gasteiger partial charge is 0.481 e. The van der Waals surface area contributed by atoms with Crippen molar-refractivity contribution >= 4 is 35.9 Å². The summed E-state index contributed by atoms with van der Waals surface area (Å²) in [7, 11) is 0. The van der Waals surface area contributed by atoms with Crippen LogP contribution in [0.2, 0.25) is 0 Å². The first kappa shape index (κ1) is 30.9. The molecule has 0 radical (unpaired) electrons. The van der Waals surface area contributed by atoms with Gasteiger partial charge in [0.05, 0.1) is 6.61 Å². The third kappa shape index (κ3) is 10.7. The van der Waals surface area contributed by atoms with Crippen molar-refractivity contribution < 1.29 is 53.9 Å². The van der Waals surface area contributed by atoms with Crippen molar-refractivity contribution in [3.63, 3.8) is 0 Å². The minimum absolute atomic E-state index is 0.209. The van der Waals surface area contributed by atoms with Crippen LogP contribution in [0.4, 0.5) is 0 Å². The van der Waals surface area contributed by atoms with Gasteiger partial charge in [0.2, 0.25) is 23.6 Å². The number of hydrogen-bond donors (Lipinski definition) is 8. The number of aliphatic hydroxyl groups excluding tert-OH is 3. The normalized spacial score (nSPS) is 17.1. The van der Waals surface area contributed by atoms with Gasteiger partial charge in [0.15, 0.2) is 0 Å². The molecule has 9 N–H and O–H groups in total. The summed E-state index contributed by atoms with van der Waals surface area (Å²) in [6.45, 7) is 2.62. The lowest BCUT2D eigenvalue weighted by molar-refractivity contribution is -0.157. The van der Waals surface area contributed by atoms with Gasteiger partial charge in [-0.3, -0.25) is 24.0 Å². The number of aliphatic carboxylic acids is 1. The fourth-order valence-corrected chi connectivity index (χ4v) is 2.68. The number of aliphatic hydroxyl groups is 3. The van der Waals surface area contributed by atoms with Crippen LogP contribution in [0.1, 0.15) is 33.6 Å². The number of carbonyl (C=O) groups excluding carboxylic acids is 5. The molecule has 0 aliphatic heterocycles. The van der Waals surface area contributed by atoms with Crippen molar-refractivity contribution in [3.05, 3.63) is 0 Å². The van der Waals surface area contributed by atoms with E-state index in [-0.39, 0.29) is 12.7 Å². The Kier molecular flexibility index (Phi) is 13.5. The van der Waals surface area contributed by atoms with Gasteiger partial charge in [-0.05, 0) is 20.3 Å². The summed E-state index contributed by atoms with van der Waals surface area (Å²) in [5, 5.41) is 44.3. The molecule has 0 aromatic carbocycles. The summed E-state index contributed by atoms with van der Waals surface area (Å²) >= 11 is 0. The van der Waals surface area contributed by atoms with E-state index >= 15 is 0 Å². The van der Waals surface area contributed by atoms with Crippen molar-refractivity contribution in [1.29, 1.82) is 0 Å². The number of primary amides is 1. The maximum absolute atomic E-state index is 12.5. The molecule has 7 atom stereocenters. The Balaban J connectivity index is 5.28. The Bertz CT molecular complexity index is 748. The van der Waals surface area contributed by atoms with Crippen molar-refractivity contribution in [1.82, 2.24) is 16.0 Å². The summed E-state index contributed by atoms with van der Waals surface area (Å²) < 4.78 is 5.37. The molecule has 194 valence electrons. The lowest BCUT2D eigenvalue weighted by Gasteiger charge is -2.32. The van der Waals surface area contributed by atoms with Crippen molar-refractivity contribution in [2.45, 2.75) is 76.2 Å². The van der Waals surface area contributed by atoms with Crippen LogP contribution in [0, 0.1) is 0 Å². The smallest absolute Gasteiger partial charge is 0.303 e. The lowest BCUT2D eigenvalue weighted by Crippen LogP contribution is -2.57. The Morgan fingerprint density at radius 1 is 1.03 bits per heavy atom. The van der Waals surface area contributed by atoms with Crippen LogP contribution >= 0.6 is 0 Å². The van der Waals surface area contributed by atoms with Crippen LogP contribution in [0.3, 0.4) is 0 Å². The van der Waals surface area contributed by atoms with Gasteiger partial charge in [0.25, 0.3) is 0 Å². The first-order valence-corrected chi connectivity index (χ1v) is 10.2. The van der Waals surface area contributed by atoms with E-state index in [1.54, 1.807) is 0 Å². The van der Waals surface area contributed by atoms with E-state index in [1.165, 1.54) is 13.8 Å². The van der Waals surface area contributed by atoms with E-state index in [1.807, 2.05) is 0 Å². The van der Waals surface area contributed by atoms with Crippen LogP contribution in [0.25, 0.3) is 0 Å². The molecule has 0 bridgehead atoms. The molecular formula is C19H32N4O11. The topological polar surface area (TPSA) is 255 Å². The van der Waals surface area contributed by atoms with Crippen molar-refractivity contribution in [3.8, 4) is 0 Å². The Labute approximate surface area is 195 Å². The number of aldehydes is 1. The third-order valence-electron chi connectivity index (χ3n) is 4.58. The maximum atomic E-state index is 12.5. The number of ether oxygens (including phenoxy) is 1. The molecular weight excluding hydrogens is 460 g/mol. The zero-order chi connectivity index (χ0) is 26.6. The number of nitrogens with one attached hydrogen (secondary N) is 3. The minimum Gasteiger partial charge on any atom is -0.481 e. The second kappa shape index (κ2) is 14.9. The number of carbonyl (C=O) groups is 6. The van der Waals surface area contributed by atoms with Gasteiger partial charge in [-0.2, -0.15) is 0 Å². The lowest BCUT2D eigenvalue weighted by atomic mass is 10.0. The molecule has 0 aromatic rings. The van der Waals surface area contributed by atoms with Gasteiger partial charge in [0, 0.05) is 13.3 Å². The van der Waals surface area contributed by atoms with E-state index in [0.717, 1.165) is 6.92 Å². The summed E-state index contributed by atoms with van der Waals surface area (Å²) in [6, 6.07) is -4.02. The third-order valence-corrected chi connectivity index (χ3v) is 4.58. The number of nitrogens with two attached hydrogens (primary N) is 1. The number of hydrogen-bond acceptors (Lipinski definition) is 10. The van der Waals surface area contributed by atoms with E-state index in [4.69, 9.17) is 20.7 Å². The molecule has 0 saturated heterocycles. The SMILES string of the molecule is CC(=O)N[C@@H](C=O)[C@@H](O[C@H](C)C(=O)N[C@@H](C)C(=O)N[C@H](CCC(=O)O)C(N)=O)[C@H](O)[C@H](O)CO. The Hall–Kier alpha value is -3.14. The molecule has 15 nitrogen and oxygen atoms in total. The molecule has 0 rings (SSSR count). The number of amides is 4. The van der Waals surface area contributed by atoms with Crippen LogP contribution in [0.5, 0.6) is 0 Å². The van der Waals surface area contributed by atoms with Gasteiger partial charge in [-0.15, -0.1) is 0 Å². The van der Waals surface area contributed by atoms with Crippen LogP contribution < -0.4 is 21.7 Å². The van der Waals surface area contributed by atoms with Crippen LogP contribution in [-0.2, 0) is 33.5 Å². The predicted molar refractivity (Wildman–Crippen MR) is 113 cm³/mol. The zero-order valence-electron chi connectivity index (χ0n) is 19.0. The minimum atomic E-state index is -1.88. The fourth-order valence-electron chi connectivity index (χ4n) is 2.68. The van der Waals surface area contributed by atoms with Crippen LogP contribution in [-0.4, -0.2) is 105 Å². The average Bonchev–Trinajstić information content (AvgIpc) is 2.76. The molecule has 15 heteroatoms. The van der Waals surface area contributed by atoms with E-state index < -0.39 is 85.2 Å². The monoisotopic (exact) mass is 492 g/mol. The highest BCUT2D eigenvalue weighted by molar-refractivity contribution is 5.92. The summed E-state index contributed by atoms with van der Waals surface area (Å²) in [5.41, 5.74) is 5.14. The molecule has 34 heavy (non-hydrogen) atoms. The van der Waals surface area contributed by atoms with Gasteiger partial charge in [0.1, 0.15) is 48.8 Å². The number of rotatable bonds is 16. The fraction of sp³-hybridized carbons (Fsp3) is 0.684. The van der Waals surface area contributed by atoms with Crippen molar-refractivity contribution in [2.24, 2.45) is 5.73 Å². The van der Waals surface area contributed by atoms with Crippen LogP contribution in [0.15, 0.2) is 0 Å². The highest BCUT2D eigenvalue weighted by Crippen LogP contribution is 2.12. The number of carboxylic acid groups (broad SMARTS) is 1. The molecule has 0 saturated carbocycles. The molecule has 0 unspecified atom stereocenters. The van der Waals surface area contributed by atoms with Gasteiger partial charge in [-0.25, -0.2) is 0 Å².